The van der Waals surface area contributed by atoms with E-state index in [1.54, 1.807) is 0 Å². The summed E-state index contributed by atoms with van der Waals surface area (Å²) < 4.78 is 0. The molecule has 130 valence electrons. The minimum atomic E-state index is 0.334. The molecule has 0 aromatic carbocycles. The van der Waals surface area contributed by atoms with E-state index in [-0.39, 0.29) is 0 Å². The lowest BCUT2D eigenvalue weighted by Crippen LogP contribution is -2.52. The summed E-state index contributed by atoms with van der Waals surface area (Å²) in [5.41, 5.74) is 2.35. The van der Waals surface area contributed by atoms with Crippen LogP contribution >= 0.6 is 0 Å². The smallest absolute Gasteiger partial charge is 0.237 e. The van der Waals surface area contributed by atoms with E-state index in [0.717, 1.165) is 43.5 Å². The molecule has 3 aliphatic rings. The van der Waals surface area contributed by atoms with Crippen molar-refractivity contribution in [2.75, 3.05) is 19.6 Å². The molecule has 0 N–H and O–H groups in total. The Morgan fingerprint density at radius 3 is 2.96 bits per heavy atom. The summed E-state index contributed by atoms with van der Waals surface area (Å²) in [6.07, 6.45) is 10.6. The Balaban J connectivity index is 1.41. The third-order valence-electron chi connectivity index (χ3n) is 6.07. The van der Waals surface area contributed by atoms with Crippen LogP contribution in [0.5, 0.6) is 0 Å². The highest BCUT2D eigenvalue weighted by Crippen LogP contribution is 2.35. The molecule has 0 radical (unpaired) electrons. The summed E-state index contributed by atoms with van der Waals surface area (Å²) in [5, 5.41) is 0. The second-order valence-corrected chi connectivity index (χ2v) is 7.69. The van der Waals surface area contributed by atoms with Crippen LogP contribution in [0.4, 0.5) is 0 Å². The zero-order valence-electron chi connectivity index (χ0n) is 14.7. The molecule has 1 saturated carbocycles. The number of likely N-dealkylation sites (tertiary alicyclic amines) is 1. The lowest BCUT2D eigenvalue weighted by atomic mass is 9.78. The minimum Gasteiger partial charge on any atom is -0.338 e. The van der Waals surface area contributed by atoms with Gasteiger partial charge in [0, 0.05) is 31.9 Å². The van der Waals surface area contributed by atoms with Crippen LogP contribution < -0.4 is 0 Å². The predicted molar refractivity (Wildman–Crippen MR) is 92.4 cm³/mol. The van der Waals surface area contributed by atoms with Gasteiger partial charge in [0.05, 0.1) is 12.2 Å². The summed E-state index contributed by atoms with van der Waals surface area (Å²) in [5.74, 6) is 1.91. The molecule has 1 amide bonds. The van der Waals surface area contributed by atoms with Crippen molar-refractivity contribution in [1.82, 2.24) is 19.8 Å². The first-order chi connectivity index (χ1) is 11.7. The van der Waals surface area contributed by atoms with Crippen molar-refractivity contribution >= 4 is 5.91 Å². The van der Waals surface area contributed by atoms with E-state index < -0.39 is 0 Å². The Bertz CT molecular complexity index is 615. The van der Waals surface area contributed by atoms with Gasteiger partial charge in [-0.15, -0.1) is 0 Å². The first-order valence-electron chi connectivity index (χ1n) is 9.54. The van der Waals surface area contributed by atoms with Gasteiger partial charge in [0.2, 0.25) is 5.91 Å². The van der Waals surface area contributed by atoms with Crippen LogP contribution in [0.25, 0.3) is 0 Å². The fourth-order valence-corrected chi connectivity index (χ4v) is 4.81. The van der Waals surface area contributed by atoms with E-state index in [1.165, 1.54) is 44.1 Å². The van der Waals surface area contributed by atoms with Gasteiger partial charge in [-0.2, -0.15) is 0 Å². The van der Waals surface area contributed by atoms with Crippen LogP contribution in [0.15, 0.2) is 6.20 Å². The molecule has 5 nitrogen and oxygen atoms in total. The molecule has 4 rings (SSSR count). The van der Waals surface area contributed by atoms with E-state index in [1.807, 2.05) is 13.1 Å². The number of nitrogens with zero attached hydrogens (tertiary/aromatic N) is 4. The van der Waals surface area contributed by atoms with Crippen LogP contribution in [0.3, 0.4) is 0 Å². The fourth-order valence-electron chi connectivity index (χ4n) is 4.81. The maximum absolute atomic E-state index is 13.0. The van der Waals surface area contributed by atoms with Gasteiger partial charge in [-0.1, -0.05) is 12.8 Å². The Morgan fingerprint density at radius 1 is 1.21 bits per heavy atom. The number of piperidine rings is 1. The highest BCUT2D eigenvalue weighted by atomic mass is 16.2. The van der Waals surface area contributed by atoms with Gasteiger partial charge in [0.25, 0.3) is 0 Å². The Kier molecular flexibility index (Phi) is 4.53. The molecule has 24 heavy (non-hydrogen) atoms. The van der Waals surface area contributed by atoms with Gasteiger partial charge in [0.1, 0.15) is 5.82 Å². The molecular formula is C19H28N4O. The third-order valence-corrected chi connectivity index (χ3v) is 6.07. The van der Waals surface area contributed by atoms with Crippen LogP contribution in [0.2, 0.25) is 0 Å². The molecule has 2 fully saturated rings. The maximum Gasteiger partial charge on any atom is 0.237 e. The number of aryl methyl sites for hydroxylation is 1. The number of aromatic nitrogens is 2. The molecule has 2 aliphatic heterocycles. The van der Waals surface area contributed by atoms with Crippen LogP contribution in [-0.2, 0) is 17.8 Å². The van der Waals surface area contributed by atoms with Crippen LogP contribution in [0.1, 0.15) is 55.6 Å². The molecule has 1 aromatic heterocycles. The lowest BCUT2D eigenvalue weighted by Gasteiger charge is -2.44. The average molecular weight is 328 g/mol. The molecule has 3 heterocycles. The van der Waals surface area contributed by atoms with Crippen molar-refractivity contribution in [2.45, 2.75) is 64.5 Å². The van der Waals surface area contributed by atoms with Crippen LogP contribution in [0, 0.1) is 12.8 Å². The molecule has 1 aromatic rings. The van der Waals surface area contributed by atoms with Crippen molar-refractivity contribution < 1.29 is 4.79 Å². The molecule has 1 saturated heterocycles. The molecule has 1 aliphatic carbocycles. The largest absolute Gasteiger partial charge is 0.338 e. The second kappa shape index (κ2) is 6.79. The van der Waals surface area contributed by atoms with Gasteiger partial charge in [-0.25, -0.2) is 9.97 Å². The number of amides is 1. The van der Waals surface area contributed by atoms with Crippen molar-refractivity contribution in [3.8, 4) is 0 Å². The fraction of sp³-hybridized carbons (Fsp3) is 0.737. The second-order valence-electron chi connectivity index (χ2n) is 7.69. The molecular weight excluding hydrogens is 300 g/mol. The lowest BCUT2D eigenvalue weighted by molar-refractivity contribution is -0.139. The quantitative estimate of drug-likeness (QED) is 0.836. The molecule has 2 unspecified atom stereocenters. The number of hydrogen-bond acceptors (Lipinski definition) is 4. The standard InChI is InChI=1S/C19H28N4O/c1-14-20-11-16-8-10-22(12-17(16)21-14)13-19(24)23-9-4-6-15-5-2-3-7-18(15)23/h11,15,18H,2-10,12-13H2,1H3. The van der Waals surface area contributed by atoms with Crippen molar-refractivity contribution in [2.24, 2.45) is 5.92 Å². The number of fused-ring (bicyclic) bond motifs is 2. The summed E-state index contributed by atoms with van der Waals surface area (Å²) in [6, 6.07) is 0.515. The van der Waals surface area contributed by atoms with Gasteiger partial charge < -0.3 is 4.90 Å². The summed E-state index contributed by atoms with van der Waals surface area (Å²) >= 11 is 0. The van der Waals surface area contributed by atoms with E-state index in [2.05, 4.69) is 19.8 Å². The molecule has 2 atom stereocenters. The van der Waals surface area contributed by atoms with Gasteiger partial charge >= 0.3 is 0 Å². The number of hydrogen-bond donors (Lipinski definition) is 0. The monoisotopic (exact) mass is 328 g/mol. The van der Waals surface area contributed by atoms with Gasteiger partial charge in [-0.3, -0.25) is 9.69 Å². The zero-order chi connectivity index (χ0) is 16.5. The van der Waals surface area contributed by atoms with E-state index >= 15 is 0 Å². The molecule has 5 heteroatoms. The van der Waals surface area contributed by atoms with E-state index in [0.29, 0.717) is 18.5 Å². The Labute approximate surface area is 144 Å². The average Bonchev–Trinajstić information content (AvgIpc) is 2.61. The number of carbonyl (C=O) groups excluding carboxylic acids is 1. The van der Waals surface area contributed by atoms with Crippen molar-refractivity contribution in [3.63, 3.8) is 0 Å². The van der Waals surface area contributed by atoms with Gasteiger partial charge in [-0.05, 0) is 50.5 Å². The van der Waals surface area contributed by atoms with E-state index in [9.17, 15) is 4.79 Å². The number of rotatable bonds is 2. The maximum atomic E-state index is 13.0. The summed E-state index contributed by atoms with van der Waals surface area (Å²) in [7, 11) is 0. The first kappa shape index (κ1) is 16.0. The predicted octanol–water partition coefficient (Wildman–Crippen LogP) is 2.32. The highest BCUT2D eigenvalue weighted by molar-refractivity contribution is 5.78. The molecule has 0 bridgehead atoms. The zero-order valence-corrected chi connectivity index (χ0v) is 14.7. The molecule has 0 spiro atoms. The minimum absolute atomic E-state index is 0.334. The Morgan fingerprint density at radius 2 is 2.04 bits per heavy atom. The van der Waals surface area contributed by atoms with Crippen molar-refractivity contribution in [3.05, 3.63) is 23.3 Å². The number of carbonyl (C=O) groups is 1. The van der Waals surface area contributed by atoms with E-state index in [4.69, 9.17) is 0 Å². The summed E-state index contributed by atoms with van der Waals surface area (Å²) in [4.78, 5) is 26.3. The SMILES string of the molecule is Cc1ncc2c(n1)CN(CC(=O)N1CCCC3CCCCC31)CC2. The van der Waals surface area contributed by atoms with Gasteiger partial charge in [0.15, 0.2) is 0 Å². The normalized spacial score (nSPS) is 27.5. The highest BCUT2D eigenvalue weighted by Gasteiger charge is 2.36. The topological polar surface area (TPSA) is 49.3 Å². The van der Waals surface area contributed by atoms with Crippen LogP contribution in [-0.4, -0.2) is 51.4 Å². The third kappa shape index (κ3) is 3.18. The Hall–Kier alpha value is -1.49. The van der Waals surface area contributed by atoms with Crippen molar-refractivity contribution in [1.29, 1.82) is 0 Å². The first-order valence-corrected chi connectivity index (χ1v) is 9.54. The summed E-state index contributed by atoms with van der Waals surface area (Å²) in [6.45, 7) is 5.16.